The number of amides is 1. The predicted molar refractivity (Wildman–Crippen MR) is 82.7 cm³/mol. The second kappa shape index (κ2) is 5.54. The minimum atomic E-state index is -3.71. The summed E-state index contributed by atoms with van der Waals surface area (Å²) in [5, 5.41) is 2.72. The maximum atomic E-state index is 13.1. The number of rotatable bonds is 3. The predicted octanol–water partition coefficient (Wildman–Crippen LogP) is 2.06. The van der Waals surface area contributed by atoms with Crippen molar-refractivity contribution in [3.05, 3.63) is 51.7 Å². The van der Waals surface area contributed by atoms with Gasteiger partial charge in [-0.3, -0.25) is 9.59 Å². The van der Waals surface area contributed by atoms with Crippen molar-refractivity contribution >= 4 is 5.91 Å². The van der Waals surface area contributed by atoms with Crippen LogP contribution in [0, 0.1) is 6.92 Å². The number of carbonyl (C=O) groups excluding carboxylic acids is 1. The van der Waals surface area contributed by atoms with E-state index in [1.54, 1.807) is 26.8 Å². The van der Waals surface area contributed by atoms with Gasteiger partial charge in [-0.05, 0) is 38.5 Å². The van der Waals surface area contributed by atoms with E-state index in [0.29, 0.717) is 11.4 Å². The molecule has 132 valence electrons. The van der Waals surface area contributed by atoms with Crippen molar-refractivity contribution in [2.24, 2.45) is 0 Å². The SMILES string of the molecule is Cc1nc(C(=O)NC(C)(C)c2ccc3c(c2)OC(F)(F)O3)cc(=O)[nH]1. The van der Waals surface area contributed by atoms with Gasteiger partial charge < -0.3 is 19.8 Å². The van der Waals surface area contributed by atoms with Gasteiger partial charge in [-0.25, -0.2) is 4.98 Å². The van der Waals surface area contributed by atoms with Crippen molar-refractivity contribution < 1.29 is 23.0 Å². The lowest BCUT2D eigenvalue weighted by Crippen LogP contribution is -2.41. The van der Waals surface area contributed by atoms with Gasteiger partial charge in [0.25, 0.3) is 11.5 Å². The molecule has 0 saturated heterocycles. The first-order valence-electron chi connectivity index (χ1n) is 7.37. The number of nitrogens with zero attached hydrogens (tertiary/aromatic N) is 1. The number of hydrogen-bond donors (Lipinski definition) is 2. The lowest BCUT2D eigenvalue weighted by atomic mass is 9.93. The summed E-state index contributed by atoms with van der Waals surface area (Å²) in [7, 11) is 0. The molecule has 9 heteroatoms. The van der Waals surface area contributed by atoms with E-state index in [0.717, 1.165) is 6.07 Å². The summed E-state index contributed by atoms with van der Waals surface area (Å²) in [4.78, 5) is 30.3. The van der Waals surface area contributed by atoms with E-state index in [2.05, 4.69) is 24.8 Å². The number of hydrogen-bond acceptors (Lipinski definition) is 5. The third-order valence-corrected chi connectivity index (χ3v) is 3.64. The number of halogens is 2. The van der Waals surface area contributed by atoms with Gasteiger partial charge in [-0.1, -0.05) is 6.07 Å². The summed E-state index contributed by atoms with van der Waals surface area (Å²) in [6.45, 7) is 4.92. The third-order valence-electron chi connectivity index (χ3n) is 3.64. The van der Waals surface area contributed by atoms with Crippen molar-refractivity contribution in [2.45, 2.75) is 32.6 Å². The molecule has 0 aliphatic carbocycles. The van der Waals surface area contributed by atoms with Gasteiger partial charge >= 0.3 is 6.29 Å². The zero-order chi connectivity index (χ0) is 18.4. The van der Waals surface area contributed by atoms with Crippen LogP contribution in [0.15, 0.2) is 29.1 Å². The van der Waals surface area contributed by atoms with Gasteiger partial charge in [0.1, 0.15) is 11.5 Å². The van der Waals surface area contributed by atoms with Crippen LogP contribution in [0.4, 0.5) is 8.78 Å². The van der Waals surface area contributed by atoms with Gasteiger partial charge in [0, 0.05) is 6.07 Å². The molecule has 0 unspecified atom stereocenters. The van der Waals surface area contributed by atoms with Crippen LogP contribution in [0.25, 0.3) is 0 Å². The van der Waals surface area contributed by atoms with Crippen molar-refractivity contribution in [1.29, 1.82) is 0 Å². The van der Waals surface area contributed by atoms with Crippen LogP contribution in [0.3, 0.4) is 0 Å². The average Bonchev–Trinajstić information content (AvgIpc) is 2.78. The Morgan fingerprint density at radius 2 is 1.92 bits per heavy atom. The molecule has 1 aromatic carbocycles. The van der Waals surface area contributed by atoms with E-state index >= 15 is 0 Å². The van der Waals surface area contributed by atoms with Crippen molar-refractivity contribution in [3.63, 3.8) is 0 Å². The molecule has 2 N–H and O–H groups in total. The third kappa shape index (κ3) is 3.44. The molecule has 0 radical (unpaired) electrons. The van der Waals surface area contributed by atoms with Crippen LogP contribution < -0.4 is 20.3 Å². The summed E-state index contributed by atoms with van der Waals surface area (Å²) in [6.07, 6.45) is -3.71. The zero-order valence-electron chi connectivity index (χ0n) is 13.6. The Morgan fingerprint density at radius 1 is 1.24 bits per heavy atom. The molecule has 0 fully saturated rings. The van der Waals surface area contributed by atoms with Gasteiger partial charge in [0.2, 0.25) is 0 Å². The molecule has 0 bridgehead atoms. The van der Waals surface area contributed by atoms with E-state index < -0.39 is 23.3 Å². The summed E-state index contributed by atoms with van der Waals surface area (Å²) in [6, 6.07) is 5.33. The summed E-state index contributed by atoms with van der Waals surface area (Å²) in [5.41, 5.74) is -0.907. The van der Waals surface area contributed by atoms with Gasteiger partial charge in [-0.15, -0.1) is 8.78 Å². The standard InChI is InChI=1S/C16H15F2N3O4/c1-8-19-10(7-13(22)20-8)14(23)21-15(2,3)9-4-5-11-12(6-9)25-16(17,18)24-11/h4-7H,1-3H3,(H,21,23)(H,19,20,22). The molecule has 7 nitrogen and oxygen atoms in total. The number of H-pyrrole nitrogens is 1. The molecule has 1 aromatic heterocycles. The summed E-state index contributed by atoms with van der Waals surface area (Å²) >= 11 is 0. The fourth-order valence-corrected chi connectivity index (χ4v) is 2.45. The topological polar surface area (TPSA) is 93.3 Å². The van der Waals surface area contributed by atoms with Crippen LogP contribution >= 0.6 is 0 Å². The fourth-order valence-electron chi connectivity index (χ4n) is 2.45. The number of benzene rings is 1. The molecule has 2 heterocycles. The van der Waals surface area contributed by atoms with Gasteiger partial charge in [0.05, 0.1) is 5.54 Å². The monoisotopic (exact) mass is 351 g/mol. The maximum absolute atomic E-state index is 13.1. The van der Waals surface area contributed by atoms with Gasteiger partial charge in [-0.2, -0.15) is 0 Å². The molecule has 1 aliphatic heterocycles. The number of aryl methyl sites for hydroxylation is 1. The molecule has 1 aliphatic rings. The largest absolute Gasteiger partial charge is 0.586 e. The minimum Gasteiger partial charge on any atom is -0.395 e. The number of alkyl halides is 2. The Bertz CT molecular complexity index is 908. The highest BCUT2D eigenvalue weighted by Crippen LogP contribution is 2.42. The van der Waals surface area contributed by atoms with E-state index in [1.165, 1.54) is 12.1 Å². The fraction of sp³-hybridized carbons (Fsp3) is 0.312. The van der Waals surface area contributed by atoms with E-state index in [9.17, 15) is 18.4 Å². The second-order valence-corrected chi connectivity index (χ2v) is 6.12. The zero-order valence-corrected chi connectivity index (χ0v) is 13.6. The normalized spacial score (nSPS) is 15.1. The molecular formula is C16H15F2N3O4. The molecule has 2 aromatic rings. The molecular weight excluding hydrogens is 336 g/mol. The Morgan fingerprint density at radius 3 is 2.60 bits per heavy atom. The molecule has 0 atom stereocenters. The van der Waals surface area contributed by atoms with E-state index in [4.69, 9.17) is 0 Å². The number of carbonyl (C=O) groups is 1. The van der Waals surface area contributed by atoms with Crippen molar-refractivity contribution in [2.75, 3.05) is 0 Å². The number of fused-ring (bicyclic) bond motifs is 1. The highest BCUT2D eigenvalue weighted by molar-refractivity contribution is 5.92. The van der Waals surface area contributed by atoms with Crippen LogP contribution in [-0.4, -0.2) is 22.2 Å². The number of aromatic nitrogens is 2. The second-order valence-electron chi connectivity index (χ2n) is 6.12. The van der Waals surface area contributed by atoms with Crippen LogP contribution in [0.5, 0.6) is 11.5 Å². The highest BCUT2D eigenvalue weighted by atomic mass is 19.3. The van der Waals surface area contributed by atoms with Gasteiger partial charge in [0.15, 0.2) is 11.5 Å². The Labute approximate surface area is 141 Å². The average molecular weight is 351 g/mol. The van der Waals surface area contributed by atoms with Crippen LogP contribution in [-0.2, 0) is 5.54 Å². The van der Waals surface area contributed by atoms with Crippen LogP contribution in [0.2, 0.25) is 0 Å². The molecule has 0 saturated carbocycles. The maximum Gasteiger partial charge on any atom is 0.586 e. The quantitative estimate of drug-likeness (QED) is 0.883. The lowest BCUT2D eigenvalue weighted by molar-refractivity contribution is -0.286. The van der Waals surface area contributed by atoms with Crippen LogP contribution in [0.1, 0.15) is 35.7 Å². The number of aromatic amines is 1. The van der Waals surface area contributed by atoms with Crippen molar-refractivity contribution in [1.82, 2.24) is 15.3 Å². The molecule has 0 spiro atoms. The Kier molecular flexibility index (Phi) is 3.74. The first-order chi connectivity index (χ1) is 11.6. The first kappa shape index (κ1) is 16.9. The first-order valence-corrected chi connectivity index (χ1v) is 7.37. The Balaban J connectivity index is 1.85. The lowest BCUT2D eigenvalue weighted by Gasteiger charge is -2.27. The number of nitrogens with one attached hydrogen (secondary N) is 2. The van der Waals surface area contributed by atoms with E-state index in [1.807, 2.05) is 0 Å². The summed E-state index contributed by atoms with van der Waals surface area (Å²) < 4.78 is 35.0. The molecule has 1 amide bonds. The highest BCUT2D eigenvalue weighted by Gasteiger charge is 2.44. The molecule has 25 heavy (non-hydrogen) atoms. The van der Waals surface area contributed by atoms with E-state index in [-0.39, 0.29) is 17.2 Å². The van der Waals surface area contributed by atoms with Crippen molar-refractivity contribution in [3.8, 4) is 11.5 Å². The minimum absolute atomic E-state index is 0.0402. The smallest absolute Gasteiger partial charge is 0.395 e. The Hall–Kier alpha value is -2.97. The molecule has 3 rings (SSSR count). The summed E-state index contributed by atoms with van der Waals surface area (Å²) in [5.74, 6) is -0.458. The number of ether oxygens (including phenoxy) is 2.